The van der Waals surface area contributed by atoms with Crippen LogP contribution in [0.5, 0.6) is 11.5 Å². The zero-order valence-electron chi connectivity index (χ0n) is 16.6. The van der Waals surface area contributed by atoms with Gasteiger partial charge in [-0.05, 0) is 41.8 Å². The minimum Gasteiger partial charge on any atom is -0.455 e. The number of rotatable bonds is 5. The SMILES string of the molecule is CNC(=O)c1cc(Oc2ccc3ccccc3c2NC(=O)c2ccc(Cl)cc2)ccn1. The molecule has 0 saturated carbocycles. The first-order valence-electron chi connectivity index (χ1n) is 9.50. The molecule has 3 aromatic carbocycles. The predicted molar refractivity (Wildman–Crippen MR) is 121 cm³/mol. The number of hydrogen-bond donors (Lipinski definition) is 2. The molecule has 0 aliphatic carbocycles. The molecule has 31 heavy (non-hydrogen) atoms. The number of aromatic nitrogens is 1. The van der Waals surface area contributed by atoms with E-state index in [0.29, 0.717) is 27.8 Å². The largest absolute Gasteiger partial charge is 0.455 e. The number of halogens is 1. The first-order chi connectivity index (χ1) is 15.0. The lowest BCUT2D eigenvalue weighted by molar-refractivity contribution is 0.0957. The van der Waals surface area contributed by atoms with Gasteiger partial charge in [-0.2, -0.15) is 0 Å². The van der Waals surface area contributed by atoms with E-state index in [-0.39, 0.29) is 17.5 Å². The lowest BCUT2D eigenvalue weighted by atomic mass is 10.1. The number of hydrogen-bond acceptors (Lipinski definition) is 4. The van der Waals surface area contributed by atoms with Crippen LogP contribution in [0.2, 0.25) is 5.02 Å². The van der Waals surface area contributed by atoms with Crippen LogP contribution in [0.3, 0.4) is 0 Å². The van der Waals surface area contributed by atoms with Gasteiger partial charge in [0, 0.05) is 35.3 Å². The molecule has 1 heterocycles. The number of nitrogens with zero attached hydrogens (tertiary/aromatic N) is 1. The molecule has 0 spiro atoms. The molecule has 2 amide bonds. The molecule has 0 fully saturated rings. The van der Waals surface area contributed by atoms with Crippen LogP contribution in [0.25, 0.3) is 10.8 Å². The lowest BCUT2D eigenvalue weighted by Gasteiger charge is -2.15. The van der Waals surface area contributed by atoms with E-state index < -0.39 is 0 Å². The molecular weight excluding hydrogens is 414 g/mol. The number of amides is 2. The zero-order chi connectivity index (χ0) is 21.8. The minimum atomic E-state index is -0.319. The zero-order valence-corrected chi connectivity index (χ0v) is 17.3. The van der Waals surface area contributed by atoms with Crippen LogP contribution in [0, 0.1) is 0 Å². The highest BCUT2D eigenvalue weighted by molar-refractivity contribution is 6.30. The molecule has 7 heteroatoms. The first kappa shape index (κ1) is 20.4. The highest BCUT2D eigenvalue weighted by atomic mass is 35.5. The molecule has 1 aromatic heterocycles. The molecule has 0 aliphatic heterocycles. The summed E-state index contributed by atoms with van der Waals surface area (Å²) in [5.74, 6) is 0.250. The monoisotopic (exact) mass is 431 g/mol. The summed E-state index contributed by atoms with van der Waals surface area (Å²) in [6.45, 7) is 0. The maximum atomic E-state index is 12.9. The molecule has 0 aliphatic rings. The third-order valence-electron chi connectivity index (χ3n) is 4.65. The standard InChI is InChI=1S/C24H18ClN3O3/c1-26-24(30)20-14-18(12-13-27-20)31-21-11-8-15-4-2-3-5-19(15)22(21)28-23(29)16-6-9-17(25)10-7-16/h2-14H,1H3,(H,26,30)(H,28,29). The molecule has 0 radical (unpaired) electrons. The quantitative estimate of drug-likeness (QED) is 0.449. The Balaban J connectivity index is 1.73. The normalized spacial score (nSPS) is 10.5. The van der Waals surface area contributed by atoms with Crippen molar-refractivity contribution < 1.29 is 14.3 Å². The van der Waals surface area contributed by atoms with E-state index in [1.807, 2.05) is 30.3 Å². The van der Waals surface area contributed by atoms with Crippen molar-refractivity contribution in [3.05, 3.63) is 95.3 Å². The fourth-order valence-corrected chi connectivity index (χ4v) is 3.23. The average molecular weight is 432 g/mol. The Labute approximate surface area is 183 Å². The maximum absolute atomic E-state index is 12.9. The highest BCUT2D eigenvalue weighted by Crippen LogP contribution is 2.36. The molecule has 154 valence electrons. The van der Waals surface area contributed by atoms with Crippen molar-refractivity contribution in [3.8, 4) is 11.5 Å². The van der Waals surface area contributed by atoms with Crippen LogP contribution < -0.4 is 15.4 Å². The van der Waals surface area contributed by atoms with Crippen molar-refractivity contribution in [2.24, 2.45) is 0 Å². The Morgan fingerprint density at radius 1 is 0.935 bits per heavy atom. The van der Waals surface area contributed by atoms with E-state index in [9.17, 15) is 9.59 Å². The number of ether oxygens (including phenoxy) is 1. The number of benzene rings is 3. The molecule has 0 saturated heterocycles. The first-order valence-corrected chi connectivity index (χ1v) is 9.87. The smallest absolute Gasteiger partial charge is 0.269 e. The molecule has 4 aromatic rings. The van der Waals surface area contributed by atoms with Crippen LogP contribution in [0.4, 0.5) is 5.69 Å². The maximum Gasteiger partial charge on any atom is 0.269 e. The topological polar surface area (TPSA) is 80.3 Å². The van der Waals surface area contributed by atoms with Gasteiger partial charge in [-0.1, -0.05) is 41.9 Å². The number of carbonyl (C=O) groups is 2. The van der Waals surface area contributed by atoms with Gasteiger partial charge in [0.25, 0.3) is 11.8 Å². The summed E-state index contributed by atoms with van der Waals surface area (Å²) in [5, 5.41) is 7.81. The molecule has 0 unspecified atom stereocenters. The lowest BCUT2D eigenvalue weighted by Crippen LogP contribution is -2.19. The van der Waals surface area contributed by atoms with E-state index in [2.05, 4.69) is 15.6 Å². The van der Waals surface area contributed by atoms with Gasteiger partial charge in [-0.3, -0.25) is 14.6 Å². The Morgan fingerprint density at radius 3 is 2.48 bits per heavy atom. The minimum absolute atomic E-state index is 0.229. The molecule has 6 nitrogen and oxygen atoms in total. The second-order valence-corrected chi connectivity index (χ2v) is 7.12. The summed E-state index contributed by atoms with van der Waals surface area (Å²) in [6, 6.07) is 21.2. The van der Waals surface area contributed by atoms with Crippen molar-refractivity contribution in [1.82, 2.24) is 10.3 Å². The molecule has 2 N–H and O–H groups in total. The van der Waals surface area contributed by atoms with E-state index in [0.717, 1.165) is 10.8 Å². The highest BCUT2D eigenvalue weighted by Gasteiger charge is 2.15. The summed E-state index contributed by atoms with van der Waals surface area (Å²) in [7, 11) is 1.53. The number of anilines is 1. The Bertz CT molecular complexity index is 1270. The van der Waals surface area contributed by atoms with E-state index >= 15 is 0 Å². The van der Waals surface area contributed by atoms with Gasteiger partial charge in [0.2, 0.25) is 0 Å². The average Bonchev–Trinajstić information content (AvgIpc) is 2.80. The summed E-state index contributed by atoms with van der Waals surface area (Å²) in [4.78, 5) is 28.8. The van der Waals surface area contributed by atoms with Crippen molar-refractivity contribution in [3.63, 3.8) is 0 Å². The third-order valence-corrected chi connectivity index (χ3v) is 4.91. The van der Waals surface area contributed by atoms with E-state index in [1.165, 1.54) is 13.2 Å². The molecule has 0 atom stereocenters. The van der Waals surface area contributed by atoms with Crippen LogP contribution in [-0.2, 0) is 0 Å². The third kappa shape index (κ3) is 4.49. The number of pyridine rings is 1. The van der Waals surface area contributed by atoms with E-state index in [4.69, 9.17) is 16.3 Å². The molecule has 4 rings (SSSR count). The predicted octanol–water partition coefficient (Wildman–Crippen LogP) is 5.29. The van der Waals surface area contributed by atoms with Crippen molar-refractivity contribution >= 4 is 39.9 Å². The van der Waals surface area contributed by atoms with Crippen molar-refractivity contribution in [1.29, 1.82) is 0 Å². The molecule has 0 bridgehead atoms. The fourth-order valence-electron chi connectivity index (χ4n) is 3.11. The van der Waals surface area contributed by atoms with Crippen LogP contribution >= 0.6 is 11.6 Å². The summed E-state index contributed by atoms with van der Waals surface area (Å²) in [6.07, 6.45) is 1.49. The molecular formula is C24H18ClN3O3. The number of carbonyl (C=O) groups excluding carboxylic acids is 2. The van der Waals surface area contributed by atoms with Gasteiger partial charge in [-0.25, -0.2) is 0 Å². The van der Waals surface area contributed by atoms with Gasteiger partial charge in [-0.15, -0.1) is 0 Å². The second kappa shape index (κ2) is 8.85. The number of nitrogens with one attached hydrogen (secondary N) is 2. The Morgan fingerprint density at radius 2 is 1.71 bits per heavy atom. The number of fused-ring (bicyclic) bond motifs is 1. The van der Waals surface area contributed by atoms with Gasteiger partial charge in [0.05, 0.1) is 5.69 Å². The van der Waals surface area contributed by atoms with Gasteiger partial charge < -0.3 is 15.4 Å². The summed E-state index contributed by atoms with van der Waals surface area (Å²) >= 11 is 5.93. The van der Waals surface area contributed by atoms with Crippen molar-refractivity contribution in [2.75, 3.05) is 12.4 Å². The summed E-state index contributed by atoms with van der Waals surface area (Å²) in [5.41, 5.74) is 1.22. The Hall–Kier alpha value is -3.90. The van der Waals surface area contributed by atoms with Crippen LogP contribution in [-0.4, -0.2) is 23.8 Å². The Kier molecular flexibility index (Phi) is 5.82. The van der Waals surface area contributed by atoms with E-state index in [1.54, 1.807) is 42.5 Å². The second-order valence-electron chi connectivity index (χ2n) is 6.68. The van der Waals surface area contributed by atoms with Gasteiger partial charge in [0.15, 0.2) is 5.75 Å². The van der Waals surface area contributed by atoms with Crippen LogP contribution in [0.1, 0.15) is 20.8 Å². The van der Waals surface area contributed by atoms with Crippen molar-refractivity contribution in [2.45, 2.75) is 0 Å². The van der Waals surface area contributed by atoms with Gasteiger partial charge in [0.1, 0.15) is 11.4 Å². The fraction of sp³-hybridized carbons (Fsp3) is 0.0417. The van der Waals surface area contributed by atoms with Gasteiger partial charge >= 0.3 is 0 Å². The van der Waals surface area contributed by atoms with Crippen LogP contribution in [0.15, 0.2) is 79.0 Å². The summed E-state index contributed by atoms with van der Waals surface area (Å²) < 4.78 is 6.05.